The van der Waals surface area contributed by atoms with Gasteiger partial charge in [0, 0.05) is 35.2 Å². The summed E-state index contributed by atoms with van der Waals surface area (Å²) in [4.78, 5) is 43.0. The largest absolute Gasteiger partial charge is 0.508 e. The number of primary amides is 1. The summed E-state index contributed by atoms with van der Waals surface area (Å²) in [6, 6.07) is 0.727. The smallest absolute Gasteiger partial charge is 0.255 e. The van der Waals surface area contributed by atoms with E-state index in [0.717, 1.165) is 5.56 Å². The second kappa shape index (κ2) is 9.60. The minimum absolute atomic E-state index is 0.0229. The molecule has 4 aliphatic carbocycles. The lowest BCUT2D eigenvalue weighted by molar-refractivity contribution is -0.153. The summed E-state index contributed by atoms with van der Waals surface area (Å²) < 4.78 is 5.80. The maximum Gasteiger partial charge on any atom is 0.255 e. The summed E-state index contributed by atoms with van der Waals surface area (Å²) in [5.41, 5.74) is 2.97. The van der Waals surface area contributed by atoms with Crippen molar-refractivity contribution in [2.75, 3.05) is 28.3 Å². The second-order valence-corrected chi connectivity index (χ2v) is 11.9. The number of ether oxygens (including phenoxy) is 1. The first-order valence-electron chi connectivity index (χ1n) is 13.5. The number of benzene rings is 1. The monoisotopic (exact) mass is 555 g/mol. The zero-order chi connectivity index (χ0) is 29.4. The van der Waals surface area contributed by atoms with Crippen LogP contribution in [0.4, 0.5) is 0 Å². The van der Waals surface area contributed by atoms with E-state index in [0.29, 0.717) is 29.8 Å². The highest BCUT2D eigenvalue weighted by Crippen LogP contribution is 2.54. The molecule has 0 aromatic heterocycles. The molecule has 1 aromatic rings. The standard InChI is InChI=1S/C29H37N3O8/c1-12(13-6-7-13)32(4)11-15-10-18(33)20-16(25(15)40-5)8-14-9-17-22(31(2)3)24(35)21(28(30)38)27(37)29(17,39)26(36)19(14)23(20)34/h10,12-14,17,22,33-34,37,39H,6-9,11H2,1-5H3,(H2,30,38)/t12-,14+,17+,22+,29+/m1/s1. The molecule has 0 aliphatic heterocycles. The fourth-order valence-electron chi connectivity index (χ4n) is 7.08. The predicted octanol–water partition coefficient (Wildman–Crippen LogP) is 1.20. The van der Waals surface area contributed by atoms with Crippen LogP contribution >= 0.6 is 0 Å². The van der Waals surface area contributed by atoms with Gasteiger partial charge in [0.1, 0.15) is 28.6 Å². The summed E-state index contributed by atoms with van der Waals surface area (Å²) in [7, 11) is 6.66. The molecule has 40 heavy (non-hydrogen) atoms. The number of phenolic OH excluding ortho intramolecular Hbond substituents is 1. The van der Waals surface area contributed by atoms with Crippen molar-refractivity contribution in [3.63, 3.8) is 0 Å². The Bertz CT molecular complexity index is 1380. The van der Waals surface area contributed by atoms with E-state index in [-0.39, 0.29) is 29.7 Å². The topological polar surface area (TPSA) is 174 Å². The maximum absolute atomic E-state index is 13.9. The molecule has 2 fully saturated rings. The van der Waals surface area contributed by atoms with E-state index in [1.807, 2.05) is 7.05 Å². The van der Waals surface area contributed by atoms with Crippen molar-refractivity contribution in [1.29, 1.82) is 0 Å². The number of rotatable bonds is 7. The third-order valence-electron chi connectivity index (χ3n) is 9.37. The van der Waals surface area contributed by atoms with E-state index < -0.39 is 58.0 Å². The van der Waals surface area contributed by atoms with Gasteiger partial charge in [0.2, 0.25) is 5.78 Å². The molecule has 1 amide bonds. The number of nitrogens with zero attached hydrogens (tertiary/aromatic N) is 2. The molecular formula is C29H37N3O8. The number of nitrogens with two attached hydrogens (primary N) is 1. The Labute approximate surface area is 232 Å². The molecule has 11 nitrogen and oxygen atoms in total. The average Bonchev–Trinajstić information content (AvgIpc) is 3.71. The van der Waals surface area contributed by atoms with Crippen molar-refractivity contribution in [2.24, 2.45) is 23.5 Å². The number of Topliss-reactive ketones (excluding diaryl/α,β-unsaturated/α-hetero) is 2. The number of aromatic hydroxyl groups is 1. The number of amides is 1. The van der Waals surface area contributed by atoms with E-state index in [4.69, 9.17) is 10.5 Å². The highest BCUT2D eigenvalue weighted by Gasteiger charge is 2.64. The molecule has 4 aliphatic rings. The van der Waals surface area contributed by atoms with E-state index in [1.165, 1.54) is 30.9 Å². The fourth-order valence-corrected chi connectivity index (χ4v) is 7.08. The Kier molecular flexibility index (Phi) is 6.75. The molecular weight excluding hydrogens is 518 g/mol. The van der Waals surface area contributed by atoms with Gasteiger partial charge in [-0.15, -0.1) is 0 Å². The zero-order valence-electron chi connectivity index (χ0n) is 23.4. The molecule has 0 radical (unpaired) electrons. The molecule has 0 heterocycles. The fraction of sp³-hybridized carbons (Fsp3) is 0.552. The number of likely N-dealkylation sites (N-methyl/N-ethyl adjacent to an activating group) is 1. The van der Waals surface area contributed by atoms with Gasteiger partial charge in [0.05, 0.1) is 18.7 Å². The van der Waals surface area contributed by atoms with Crippen molar-refractivity contribution in [2.45, 2.75) is 56.8 Å². The summed E-state index contributed by atoms with van der Waals surface area (Å²) >= 11 is 0. The molecule has 1 aromatic carbocycles. The van der Waals surface area contributed by atoms with Crippen molar-refractivity contribution < 1.29 is 39.5 Å². The summed E-state index contributed by atoms with van der Waals surface area (Å²) in [6.45, 7) is 2.66. The molecule has 0 bridgehead atoms. The molecule has 0 spiro atoms. The number of hydrogen-bond donors (Lipinski definition) is 5. The van der Waals surface area contributed by atoms with Crippen LogP contribution in [-0.2, 0) is 27.3 Å². The van der Waals surface area contributed by atoms with Crippen LogP contribution in [0.1, 0.15) is 42.9 Å². The number of methoxy groups -OCH3 is 1. The first kappa shape index (κ1) is 28.1. The van der Waals surface area contributed by atoms with Crippen LogP contribution in [-0.4, -0.2) is 93.6 Å². The van der Waals surface area contributed by atoms with Crippen molar-refractivity contribution >= 4 is 23.2 Å². The van der Waals surface area contributed by atoms with Crippen molar-refractivity contribution in [3.8, 4) is 11.5 Å². The van der Waals surface area contributed by atoms with Gasteiger partial charge < -0.3 is 30.9 Å². The SMILES string of the molecule is COc1c(CN(C)[C@H](C)C2CC2)cc(O)c2c1C[C@H]1C[C@H]3[C@H](N(C)C)C(=O)C(C(N)=O)=C(O)[C@@]3(O)C(=O)C1=C2O. The van der Waals surface area contributed by atoms with Gasteiger partial charge >= 0.3 is 0 Å². The third kappa shape index (κ3) is 3.93. The van der Waals surface area contributed by atoms with E-state index in [1.54, 1.807) is 14.1 Å². The Hall–Kier alpha value is -3.41. The number of aliphatic hydroxyl groups excluding tert-OH is 2. The summed E-state index contributed by atoms with van der Waals surface area (Å²) in [5.74, 6) is -5.62. The van der Waals surface area contributed by atoms with Crippen LogP contribution < -0.4 is 10.5 Å². The van der Waals surface area contributed by atoms with E-state index in [2.05, 4.69) is 11.8 Å². The van der Waals surface area contributed by atoms with Crippen molar-refractivity contribution in [3.05, 3.63) is 39.7 Å². The van der Waals surface area contributed by atoms with Crippen LogP contribution in [0.5, 0.6) is 11.5 Å². The second-order valence-electron chi connectivity index (χ2n) is 11.9. The Morgan fingerprint density at radius 1 is 1.20 bits per heavy atom. The predicted molar refractivity (Wildman–Crippen MR) is 144 cm³/mol. The van der Waals surface area contributed by atoms with Gasteiger partial charge in [-0.3, -0.25) is 24.2 Å². The molecule has 5 atom stereocenters. The summed E-state index contributed by atoms with van der Waals surface area (Å²) in [5, 5.41) is 45.2. The van der Waals surface area contributed by atoms with Gasteiger partial charge in [-0.25, -0.2) is 0 Å². The van der Waals surface area contributed by atoms with Crippen LogP contribution in [0, 0.1) is 17.8 Å². The van der Waals surface area contributed by atoms with Gasteiger partial charge in [-0.1, -0.05) is 0 Å². The van der Waals surface area contributed by atoms with Gasteiger partial charge in [-0.2, -0.15) is 0 Å². The Balaban J connectivity index is 1.64. The van der Waals surface area contributed by atoms with Crippen LogP contribution in [0.25, 0.3) is 5.76 Å². The Morgan fingerprint density at radius 3 is 2.40 bits per heavy atom. The highest BCUT2D eigenvalue weighted by molar-refractivity contribution is 6.24. The number of carbonyl (C=O) groups excluding carboxylic acids is 3. The molecule has 216 valence electrons. The first-order chi connectivity index (χ1) is 18.7. The number of carbonyl (C=O) groups is 3. The summed E-state index contributed by atoms with van der Waals surface area (Å²) in [6.07, 6.45) is 2.58. The molecule has 0 unspecified atom stereocenters. The number of aliphatic hydroxyl groups is 3. The van der Waals surface area contributed by atoms with Crippen LogP contribution in [0.2, 0.25) is 0 Å². The first-order valence-corrected chi connectivity index (χ1v) is 13.5. The van der Waals surface area contributed by atoms with Crippen molar-refractivity contribution in [1.82, 2.24) is 9.80 Å². The normalized spacial score (nSPS) is 28.9. The van der Waals surface area contributed by atoms with Crippen LogP contribution in [0.3, 0.4) is 0 Å². The minimum atomic E-state index is -2.66. The molecule has 6 N–H and O–H groups in total. The lowest BCUT2D eigenvalue weighted by Crippen LogP contribution is -2.65. The third-order valence-corrected chi connectivity index (χ3v) is 9.37. The molecule has 11 heteroatoms. The number of hydrogen-bond acceptors (Lipinski definition) is 10. The van der Waals surface area contributed by atoms with Gasteiger partial charge in [0.25, 0.3) is 5.91 Å². The Morgan fingerprint density at radius 2 is 1.85 bits per heavy atom. The molecule has 5 rings (SSSR count). The molecule has 0 saturated heterocycles. The quantitative estimate of drug-likeness (QED) is 0.308. The minimum Gasteiger partial charge on any atom is -0.508 e. The molecule has 2 saturated carbocycles. The number of phenols is 1. The average molecular weight is 556 g/mol. The highest BCUT2D eigenvalue weighted by atomic mass is 16.5. The number of ketones is 2. The maximum atomic E-state index is 13.9. The van der Waals surface area contributed by atoms with Gasteiger partial charge in [-0.05, 0) is 71.7 Å². The zero-order valence-corrected chi connectivity index (χ0v) is 23.4. The van der Waals surface area contributed by atoms with Crippen LogP contribution in [0.15, 0.2) is 23.0 Å². The van der Waals surface area contributed by atoms with E-state index in [9.17, 15) is 34.8 Å². The number of fused-ring (bicyclic) bond motifs is 3. The van der Waals surface area contributed by atoms with Gasteiger partial charge in [0.15, 0.2) is 11.4 Å². The van der Waals surface area contributed by atoms with E-state index >= 15 is 0 Å². The lowest BCUT2D eigenvalue weighted by atomic mass is 9.57. The lowest BCUT2D eigenvalue weighted by Gasteiger charge is -2.50.